The maximum absolute atomic E-state index is 11.2. The zero-order valence-electron chi connectivity index (χ0n) is 8.21. The van der Waals surface area contributed by atoms with Gasteiger partial charge >= 0.3 is 0 Å². The molecule has 1 aromatic heterocycles. The first-order valence-electron chi connectivity index (χ1n) is 4.38. The van der Waals surface area contributed by atoms with Crippen LogP contribution < -0.4 is 5.56 Å². The highest BCUT2D eigenvalue weighted by Gasteiger charge is 2.02. The quantitative estimate of drug-likeness (QED) is 0.810. The van der Waals surface area contributed by atoms with Crippen LogP contribution in [-0.2, 0) is 11.6 Å². The molecule has 0 aliphatic rings. The summed E-state index contributed by atoms with van der Waals surface area (Å²) in [6.45, 7) is 4.21. The Labute approximate surface area is 92.3 Å². The van der Waals surface area contributed by atoms with Crippen molar-refractivity contribution in [3.63, 3.8) is 0 Å². The van der Waals surface area contributed by atoms with Crippen molar-refractivity contribution < 1.29 is 0 Å². The SMILES string of the molecule is CC(C)SCc1nc(CCl)cc(=O)[nH]1. The van der Waals surface area contributed by atoms with Gasteiger partial charge in [-0.05, 0) is 5.25 Å². The summed E-state index contributed by atoms with van der Waals surface area (Å²) >= 11 is 7.35. The lowest BCUT2D eigenvalue weighted by Crippen LogP contribution is -2.11. The Kier molecular flexibility index (Phi) is 4.48. The van der Waals surface area contributed by atoms with E-state index in [1.165, 1.54) is 6.07 Å². The zero-order valence-corrected chi connectivity index (χ0v) is 9.78. The second kappa shape index (κ2) is 5.41. The minimum absolute atomic E-state index is 0.130. The average Bonchev–Trinajstić information content (AvgIpc) is 2.14. The number of alkyl halides is 1. The van der Waals surface area contributed by atoms with Crippen molar-refractivity contribution in [2.75, 3.05) is 0 Å². The largest absolute Gasteiger partial charge is 0.310 e. The van der Waals surface area contributed by atoms with E-state index in [4.69, 9.17) is 11.6 Å². The first kappa shape index (κ1) is 11.6. The van der Waals surface area contributed by atoms with Crippen molar-refractivity contribution in [1.82, 2.24) is 9.97 Å². The first-order valence-corrected chi connectivity index (χ1v) is 5.97. The highest BCUT2D eigenvalue weighted by Crippen LogP contribution is 2.13. The molecule has 0 radical (unpaired) electrons. The average molecular weight is 233 g/mol. The number of aromatic nitrogens is 2. The molecule has 14 heavy (non-hydrogen) atoms. The van der Waals surface area contributed by atoms with Crippen LogP contribution in [0.15, 0.2) is 10.9 Å². The van der Waals surface area contributed by atoms with Crippen molar-refractivity contribution in [2.24, 2.45) is 0 Å². The fourth-order valence-electron chi connectivity index (χ4n) is 0.946. The second-order valence-electron chi connectivity index (χ2n) is 3.18. The van der Waals surface area contributed by atoms with E-state index < -0.39 is 0 Å². The predicted octanol–water partition coefficient (Wildman–Crippen LogP) is 2.15. The van der Waals surface area contributed by atoms with E-state index >= 15 is 0 Å². The summed E-state index contributed by atoms with van der Waals surface area (Å²) in [4.78, 5) is 18.1. The van der Waals surface area contributed by atoms with E-state index in [9.17, 15) is 4.79 Å². The molecule has 0 amide bonds. The Balaban J connectivity index is 2.76. The fourth-order valence-corrected chi connectivity index (χ4v) is 1.71. The van der Waals surface area contributed by atoms with E-state index in [2.05, 4.69) is 23.8 Å². The summed E-state index contributed by atoms with van der Waals surface area (Å²) < 4.78 is 0. The zero-order chi connectivity index (χ0) is 10.6. The number of halogens is 1. The molecule has 1 aromatic rings. The molecule has 1 heterocycles. The molecule has 1 N–H and O–H groups in total. The van der Waals surface area contributed by atoms with Gasteiger partial charge in [0.05, 0.1) is 17.3 Å². The topological polar surface area (TPSA) is 45.8 Å². The maximum atomic E-state index is 11.2. The molecule has 78 valence electrons. The van der Waals surface area contributed by atoms with E-state index in [0.717, 1.165) is 5.75 Å². The van der Waals surface area contributed by atoms with Gasteiger partial charge in [-0.25, -0.2) is 4.98 Å². The maximum Gasteiger partial charge on any atom is 0.251 e. The number of rotatable bonds is 4. The summed E-state index contributed by atoms with van der Waals surface area (Å²) in [5.74, 6) is 1.70. The van der Waals surface area contributed by atoms with Gasteiger partial charge in [-0.2, -0.15) is 11.8 Å². The highest BCUT2D eigenvalue weighted by atomic mass is 35.5. The molecule has 0 aliphatic carbocycles. The monoisotopic (exact) mass is 232 g/mol. The van der Waals surface area contributed by atoms with Gasteiger partial charge in [-0.1, -0.05) is 13.8 Å². The van der Waals surface area contributed by atoms with Gasteiger partial charge in [-0.3, -0.25) is 4.79 Å². The fraction of sp³-hybridized carbons (Fsp3) is 0.556. The van der Waals surface area contributed by atoms with E-state index in [0.29, 0.717) is 16.8 Å². The van der Waals surface area contributed by atoms with Crippen LogP contribution in [0.1, 0.15) is 25.4 Å². The van der Waals surface area contributed by atoms with Crippen LogP contribution in [0, 0.1) is 0 Å². The first-order chi connectivity index (χ1) is 6.61. The molecule has 5 heteroatoms. The number of thioether (sulfide) groups is 1. The highest BCUT2D eigenvalue weighted by molar-refractivity contribution is 7.99. The molecule has 0 aromatic carbocycles. The number of nitrogens with one attached hydrogen (secondary N) is 1. The smallest absolute Gasteiger partial charge is 0.251 e. The van der Waals surface area contributed by atoms with Crippen molar-refractivity contribution in [2.45, 2.75) is 30.7 Å². The number of aromatic amines is 1. The molecule has 1 rings (SSSR count). The van der Waals surface area contributed by atoms with E-state index in [1.807, 2.05) is 0 Å². The van der Waals surface area contributed by atoms with E-state index in [1.54, 1.807) is 11.8 Å². The molecule has 0 aliphatic heterocycles. The lowest BCUT2D eigenvalue weighted by molar-refractivity contribution is 0.955. The number of H-pyrrole nitrogens is 1. The molecule has 3 nitrogen and oxygen atoms in total. The normalized spacial score (nSPS) is 10.9. The van der Waals surface area contributed by atoms with Gasteiger partial charge in [0.15, 0.2) is 0 Å². The Morgan fingerprint density at radius 1 is 1.64 bits per heavy atom. The van der Waals surface area contributed by atoms with Crippen molar-refractivity contribution in [1.29, 1.82) is 0 Å². The van der Waals surface area contributed by atoms with Crippen LogP contribution in [0.25, 0.3) is 0 Å². The van der Waals surface area contributed by atoms with Crippen LogP contribution in [0.3, 0.4) is 0 Å². The van der Waals surface area contributed by atoms with Crippen LogP contribution >= 0.6 is 23.4 Å². The van der Waals surface area contributed by atoms with Gasteiger partial charge in [0.2, 0.25) is 0 Å². The van der Waals surface area contributed by atoms with Crippen LogP contribution in [0.2, 0.25) is 0 Å². The Bertz CT molecular complexity index is 351. The van der Waals surface area contributed by atoms with Crippen molar-refractivity contribution >= 4 is 23.4 Å². The molecule has 0 spiro atoms. The van der Waals surface area contributed by atoms with Crippen molar-refractivity contribution in [3.8, 4) is 0 Å². The van der Waals surface area contributed by atoms with Gasteiger partial charge in [0.25, 0.3) is 5.56 Å². The molecule has 0 fully saturated rings. The van der Waals surface area contributed by atoms with Gasteiger partial charge < -0.3 is 4.98 Å². The third-order valence-corrected chi connectivity index (χ3v) is 2.91. The third kappa shape index (κ3) is 3.72. The molecule has 0 unspecified atom stereocenters. The summed E-state index contributed by atoms with van der Waals surface area (Å²) in [5.41, 5.74) is 0.504. The van der Waals surface area contributed by atoms with Gasteiger partial charge in [-0.15, -0.1) is 11.6 Å². The summed E-state index contributed by atoms with van der Waals surface area (Å²) in [5, 5.41) is 0.528. The number of nitrogens with zero attached hydrogens (tertiary/aromatic N) is 1. The third-order valence-electron chi connectivity index (χ3n) is 1.53. The molecule has 0 bridgehead atoms. The molecular weight excluding hydrogens is 220 g/mol. The standard InChI is InChI=1S/C9H13ClN2OS/c1-6(2)14-5-8-11-7(4-10)3-9(13)12-8/h3,6H,4-5H2,1-2H3,(H,11,12,13). The lowest BCUT2D eigenvalue weighted by Gasteiger charge is -2.04. The molecule has 0 saturated heterocycles. The predicted molar refractivity (Wildman–Crippen MR) is 60.8 cm³/mol. The lowest BCUT2D eigenvalue weighted by atomic mass is 10.4. The minimum Gasteiger partial charge on any atom is -0.310 e. The van der Waals surface area contributed by atoms with Crippen molar-refractivity contribution in [3.05, 3.63) is 27.9 Å². The Hall–Kier alpha value is -0.480. The molecule has 0 saturated carbocycles. The van der Waals surface area contributed by atoms with E-state index in [-0.39, 0.29) is 11.4 Å². The molecule has 0 atom stereocenters. The van der Waals surface area contributed by atoms with Crippen LogP contribution in [-0.4, -0.2) is 15.2 Å². The number of hydrogen-bond acceptors (Lipinski definition) is 3. The second-order valence-corrected chi connectivity index (χ2v) is 5.01. The van der Waals surface area contributed by atoms with Crippen LogP contribution in [0.4, 0.5) is 0 Å². The van der Waals surface area contributed by atoms with Gasteiger partial charge in [0.1, 0.15) is 5.82 Å². The summed E-state index contributed by atoms with van der Waals surface area (Å²) in [6.07, 6.45) is 0. The van der Waals surface area contributed by atoms with Gasteiger partial charge in [0, 0.05) is 6.07 Å². The molecular formula is C9H13ClN2OS. The summed E-state index contributed by atoms with van der Waals surface area (Å²) in [7, 11) is 0. The minimum atomic E-state index is -0.130. The van der Waals surface area contributed by atoms with Crippen LogP contribution in [0.5, 0.6) is 0 Å². The Morgan fingerprint density at radius 2 is 2.36 bits per heavy atom. The Morgan fingerprint density at radius 3 is 2.93 bits per heavy atom. The summed E-state index contributed by atoms with van der Waals surface area (Å²) in [6, 6.07) is 1.43. The number of hydrogen-bond donors (Lipinski definition) is 1.